The fraction of sp³-hybridized carbons (Fsp3) is 0.312. The van der Waals surface area contributed by atoms with Crippen molar-refractivity contribution in [2.75, 3.05) is 31.2 Å². The van der Waals surface area contributed by atoms with Crippen molar-refractivity contribution in [2.45, 2.75) is 11.4 Å². The van der Waals surface area contributed by atoms with Crippen LogP contribution in [0.15, 0.2) is 41.4 Å². The second-order valence-electron chi connectivity index (χ2n) is 5.52. The van der Waals surface area contributed by atoms with E-state index in [0.717, 1.165) is 31.0 Å². The Morgan fingerprint density at radius 2 is 1.88 bits per heavy atom. The van der Waals surface area contributed by atoms with Gasteiger partial charge >= 0.3 is 0 Å². The van der Waals surface area contributed by atoms with Gasteiger partial charge in [0.15, 0.2) is 11.6 Å². The lowest BCUT2D eigenvalue weighted by Crippen LogP contribution is -2.36. The molecule has 9 heteroatoms. The summed E-state index contributed by atoms with van der Waals surface area (Å²) < 4.78 is 58.0. The van der Waals surface area contributed by atoms with E-state index in [2.05, 4.69) is 14.6 Å². The molecular formula is C16H17F2N3O3S. The number of ether oxygens (including phenoxy) is 1. The molecule has 134 valence electrons. The lowest BCUT2D eigenvalue weighted by Gasteiger charge is -2.27. The van der Waals surface area contributed by atoms with Crippen LogP contribution in [0.25, 0.3) is 0 Å². The second-order valence-corrected chi connectivity index (χ2v) is 7.29. The Kier molecular flexibility index (Phi) is 5.26. The molecular weight excluding hydrogens is 352 g/mol. The first-order valence-corrected chi connectivity index (χ1v) is 9.16. The van der Waals surface area contributed by atoms with Gasteiger partial charge in [0.1, 0.15) is 5.82 Å². The zero-order valence-electron chi connectivity index (χ0n) is 13.3. The Labute approximate surface area is 144 Å². The van der Waals surface area contributed by atoms with Gasteiger partial charge in [0.05, 0.1) is 18.1 Å². The predicted molar refractivity (Wildman–Crippen MR) is 87.7 cm³/mol. The molecule has 1 N–H and O–H groups in total. The minimum absolute atomic E-state index is 0.00226. The number of nitrogens with one attached hydrogen (secondary N) is 1. The number of pyridine rings is 1. The van der Waals surface area contributed by atoms with Crippen LogP contribution in [0.5, 0.6) is 0 Å². The quantitative estimate of drug-likeness (QED) is 0.868. The van der Waals surface area contributed by atoms with Crippen LogP contribution in [0, 0.1) is 11.6 Å². The molecule has 3 rings (SSSR count). The highest BCUT2D eigenvalue weighted by molar-refractivity contribution is 7.89. The van der Waals surface area contributed by atoms with Crippen LogP contribution in [0.1, 0.15) is 5.56 Å². The maximum atomic E-state index is 13.2. The number of aromatic nitrogens is 1. The van der Waals surface area contributed by atoms with E-state index in [1.165, 1.54) is 0 Å². The molecule has 0 unspecified atom stereocenters. The first-order valence-electron chi connectivity index (χ1n) is 7.68. The summed E-state index contributed by atoms with van der Waals surface area (Å²) in [5.41, 5.74) is 0.656. The number of hydrogen-bond donors (Lipinski definition) is 1. The zero-order valence-corrected chi connectivity index (χ0v) is 14.1. The number of morpholine rings is 1. The second kappa shape index (κ2) is 7.42. The number of anilines is 1. The Bertz CT molecular complexity index is 838. The minimum atomic E-state index is -3.94. The molecule has 2 heterocycles. The van der Waals surface area contributed by atoms with E-state index < -0.39 is 21.7 Å². The van der Waals surface area contributed by atoms with E-state index in [1.54, 1.807) is 12.3 Å². The predicted octanol–water partition coefficient (Wildman–Crippen LogP) is 1.67. The fourth-order valence-corrected chi connectivity index (χ4v) is 3.44. The maximum absolute atomic E-state index is 13.2. The normalized spacial score (nSPS) is 15.4. The highest BCUT2D eigenvalue weighted by Gasteiger charge is 2.17. The monoisotopic (exact) mass is 369 g/mol. The summed E-state index contributed by atoms with van der Waals surface area (Å²) in [4.78, 5) is 6.08. The third kappa shape index (κ3) is 4.30. The summed E-state index contributed by atoms with van der Waals surface area (Å²) in [6.45, 7) is 2.82. The first kappa shape index (κ1) is 17.7. The van der Waals surface area contributed by atoms with Crippen LogP contribution in [0.3, 0.4) is 0 Å². The summed E-state index contributed by atoms with van der Waals surface area (Å²) in [5.74, 6) is -1.50. The van der Waals surface area contributed by atoms with Crippen molar-refractivity contribution < 1.29 is 21.9 Å². The van der Waals surface area contributed by atoms with E-state index in [4.69, 9.17) is 4.74 Å². The number of hydrogen-bond acceptors (Lipinski definition) is 5. The highest BCUT2D eigenvalue weighted by atomic mass is 32.2. The summed E-state index contributed by atoms with van der Waals surface area (Å²) in [6, 6.07) is 6.03. The van der Waals surface area contributed by atoms with Crippen LogP contribution in [-0.4, -0.2) is 39.7 Å². The van der Waals surface area contributed by atoms with E-state index in [9.17, 15) is 17.2 Å². The Morgan fingerprint density at radius 1 is 1.12 bits per heavy atom. The number of rotatable bonds is 5. The van der Waals surface area contributed by atoms with Gasteiger partial charge in [-0.25, -0.2) is 26.9 Å². The molecule has 1 aromatic heterocycles. The van der Waals surface area contributed by atoms with Crippen molar-refractivity contribution >= 4 is 15.8 Å². The molecule has 1 aromatic carbocycles. The molecule has 0 radical (unpaired) electrons. The van der Waals surface area contributed by atoms with Crippen molar-refractivity contribution in [2.24, 2.45) is 0 Å². The van der Waals surface area contributed by atoms with Gasteiger partial charge in [0.25, 0.3) is 0 Å². The van der Waals surface area contributed by atoms with E-state index in [-0.39, 0.29) is 11.4 Å². The van der Waals surface area contributed by atoms with Crippen LogP contribution in [0.2, 0.25) is 0 Å². The van der Waals surface area contributed by atoms with Crippen molar-refractivity contribution in [3.63, 3.8) is 0 Å². The summed E-state index contributed by atoms with van der Waals surface area (Å²) in [6.07, 6.45) is 1.58. The Hall–Kier alpha value is -2.10. The highest BCUT2D eigenvalue weighted by Crippen LogP contribution is 2.15. The van der Waals surface area contributed by atoms with E-state index >= 15 is 0 Å². The molecule has 0 spiro atoms. The Morgan fingerprint density at radius 3 is 2.52 bits per heavy atom. The maximum Gasteiger partial charge on any atom is 0.240 e. The largest absolute Gasteiger partial charge is 0.378 e. The van der Waals surface area contributed by atoms with E-state index in [0.29, 0.717) is 24.8 Å². The van der Waals surface area contributed by atoms with Crippen LogP contribution in [0.4, 0.5) is 14.6 Å². The molecule has 1 aliphatic rings. The van der Waals surface area contributed by atoms with Gasteiger partial charge in [-0.2, -0.15) is 0 Å². The van der Waals surface area contributed by atoms with Crippen LogP contribution in [-0.2, 0) is 21.3 Å². The number of halogens is 2. The number of sulfonamides is 1. The van der Waals surface area contributed by atoms with Crippen molar-refractivity contribution in [1.29, 1.82) is 0 Å². The molecule has 2 aromatic rings. The minimum Gasteiger partial charge on any atom is -0.378 e. The zero-order chi connectivity index (χ0) is 17.9. The molecule has 1 aliphatic heterocycles. The molecule has 25 heavy (non-hydrogen) atoms. The summed E-state index contributed by atoms with van der Waals surface area (Å²) in [7, 11) is -3.94. The number of nitrogens with zero attached hydrogens (tertiary/aromatic N) is 2. The summed E-state index contributed by atoms with van der Waals surface area (Å²) >= 11 is 0. The molecule has 6 nitrogen and oxygen atoms in total. The average molecular weight is 369 g/mol. The molecule has 1 saturated heterocycles. The molecule has 1 fully saturated rings. The van der Waals surface area contributed by atoms with Crippen molar-refractivity contribution in [3.05, 3.63) is 53.7 Å². The Balaban J connectivity index is 1.65. The van der Waals surface area contributed by atoms with Crippen molar-refractivity contribution in [1.82, 2.24) is 9.71 Å². The topological polar surface area (TPSA) is 71.5 Å². The fourth-order valence-electron chi connectivity index (χ4n) is 2.41. The van der Waals surface area contributed by atoms with E-state index in [1.807, 2.05) is 6.07 Å². The third-order valence-corrected chi connectivity index (χ3v) is 5.21. The first-order chi connectivity index (χ1) is 12.0. The molecule has 0 amide bonds. The average Bonchev–Trinajstić information content (AvgIpc) is 2.63. The lowest BCUT2D eigenvalue weighted by molar-refractivity contribution is 0.122. The lowest BCUT2D eigenvalue weighted by atomic mass is 10.3. The third-order valence-electron chi connectivity index (χ3n) is 3.81. The van der Waals surface area contributed by atoms with Gasteiger partial charge in [-0.15, -0.1) is 0 Å². The van der Waals surface area contributed by atoms with Crippen molar-refractivity contribution in [3.8, 4) is 0 Å². The van der Waals surface area contributed by atoms with Gasteiger partial charge in [-0.3, -0.25) is 0 Å². The molecule has 0 bridgehead atoms. The number of benzene rings is 1. The van der Waals surface area contributed by atoms with Crippen LogP contribution < -0.4 is 9.62 Å². The molecule has 0 saturated carbocycles. The van der Waals surface area contributed by atoms with Gasteiger partial charge in [0, 0.05) is 25.8 Å². The summed E-state index contributed by atoms with van der Waals surface area (Å²) in [5, 5.41) is 0. The standard InChI is InChI=1S/C16H17F2N3O3S/c17-14-3-2-13(9-15(14)18)25(22,23)20-11-12-1-4-16(19-10-12)21-5-7-24-8-6-21/h1-4,9-10,20H,5-8,11H2. The molecule has 0 atom stereocenters. The van der Waals surface area contributed by atoms with Gasteiger partial charge in [-0.1, -0.05) is 6.07 Å². The van der Waals surface area contributed by atoms with Gasteiger partial charge in [-0.05, 0) is 29.8 Å². The van der Waals surface area contributed by atoms with Gasteiger partial charge in [0.2, 0.25) is 10.0 Å². The molecule has 0 aliphatic carbocycles. The van der Waals surface area contributed by atoms with Gasteiger partial charge < -0.3 is 9.64 Å². The smallest absolute Gasteiger partial charge is 0.240 e. The van der Waals surface area contributed by atoms with Crippen LogP contribution >= 0.6 is 0 Å². The SMILES string of the molecule is O=S(=O)(NCc1ccc(N2CCOCC2)nc1)c1ccc(F)c(F)c1.